The second-order valence-corrected chi connectivity index (χ2v) is 4.18. The van der Waals surface area contributed by atoms with E-state index in [-0.39, 0.29) is 6.10 Å². The molecule has 0 aromatic carbocycles. The van der Waals surface area contributed by atoms with Crippen LogP contribution in [-0.4, -0.2) is 49.0 Å². The quantitative estimate of drug-likeness (QED) is 0.638. The lowest BCUT2D eigenvalue weighted by Crippen LogP contribution is -2.37. The van der Waals surface area contributed by atoms with Crippen LogP contribution in [0.4, 0.5) is 0 Å². The maximum Gasteiger partial charge on any atom is 0.0900 e. The summed E-state index contributed by atoms with van der Waals surface area (Å²) in [6.07, 6.45) is 0.840. The van der Waals surface area contributed by atoms with E-state index in [1.165, 1.54) is 6.42 Å². The summed E-state index contributed by atoms with van der Waals surface area (Å²) in [4.78, 5) is 2.29. The fraction of sp³-hybridized carbons (Fsp3) is 1.00. The largest absolute Gasteiger partial charge is 0.389 e. The molecule has 0 saturated heterocycles. The van der Waals surface area contributed by atoms with Crippen LogP contribution in [0.1, 0.15) is 34.1 Å². The third kappa shape index (κ3) is 7.77. The van der Waals surface area contributed by atoms with Gasteiger partial charge in [-0.15, -0.1) is 0 Å². The van der Waals surface area contributed by atoms with Crippen molar-refractivity contribution in [2.45, 2.75) is 40.2 Å². The van der Waals surface area contributed by atoms with Crippen molar-refractivity contribution in [1.82, 2.24) is 4.90 Å². The highest BCUT2D eigenvalue weighted by molar-refractivity contribution is 4.65. The Labute approximate surface area is 94.4 Å². The number of aliphatic hydroxyl groups excluding tert-OH is 1. The van der Waals surface area contributed by atoms with Crippen LogP contribution in [0, 0.1) is 5.92 Å². The number of likely N-dealkylation sites (N-methyl/N-ethyl adjacent to an activating group) is 1. The van der Waals surface area contributed by atoms with Gasteiger partial charge in [-0.05, 0) is 19.4 Å². The van der Waals surface area contributed by atoms with Gasteiger partial charge in [0.25, 0.3) is 0 Å². The monoisotopic (exact) mass is 217 g/mol. The van der Waals surface area contributed by atoms with Crippen LogP contribution in [0.2, 0.25) is 0 Å². The van der Waals surface area contributed by atoms with Crippen molar-refractivity contribution in [3.8, 4) is 0 Å². The molecule has 1 N–H and O–H groups in total. The third-order valence-corrected chi connectivity index (χ3v) is 2.70. The molecule has 0 amide bonds. The molecule has 92 valence electrons. The molecule has 0 heterocycles. The van der Waals surface area contributed by atoms with E-state index in [2.05, 4.69) is 25.7 Å². The van der Waals surface area contributed by atoms with Crippen LogP contribution in [0.3, 0.4) is 0 Å². The average molecular weight is 217 g/mol. The zero-order chi connectivity index (χ0) is 11.7. The first kappa shape index (κ1) is 14.9. The molecule has 0 fully saturated rings. The van der Waals surface area contributed by atoms with Gasteiger partial charge in [-0.2, -0.15) is 0 Å². The molecule has 0 saturated carbocycles. The molecule has 2 unspecified atom stereocenters. The normalized spacial score (nSPS) is 15.6. The van der Waals surface area contributed by atoms with Gasteiger partial charge in [0.15, 0.2) is 0 Å². The molecule has 3 heteroatoms. The Hall–Kier alpha value is -0.120. The van der Waals surface area contributed by atoms with Crippen molar-refractivity contribution in [3.05, 3.63) is 0 Å². The van der Waals surface area contributed by atoms with E-state index in [1.54, 1.807) is 0 Å². The maximum atomic E-state index is 9.70. The van der Waals surface area contributed by atoms with Gasteiger partial charge in [0, 0.05) is 19.7 Å². The van der Waals surface area contributed by atoms with Crippen LogP contribution >= 0.6 is 0 Å². The van der Waals surface area contributed by atoms with Gasteiger partial charge < -0.3 is 14.7 Å². The van der Waals surface area contributed by atoms with E-state index in [4.69, 9.17) is 4.74 Å². The Morgan fingerprint density at radius 3 is 2.33 bits per heavy atom. The summed E-state index contributed by atoms with van der Waals surface area (Å²) in [5, 5.41) is 9.70. The van der Waals surface area contributed by atoms with Crippen molar-refractivity contribution >= 4 is 0 Å². The number of ether oxygens (including phenoxy) is 1. The Balaban J connectivity index is 3.76. The molecule has 0 aliphatic heterocycles. The number of hydrogen-bond donors (Lipinski definition) is 1. The molecule has 0 aliphatic rings. The Kier molecular flexibility index (Phi) is 9.06. The summed E-state index contributed by atoms with van der Waals surface area (Å²) in [5.74, 6) is 0.698. The predicted octanol–water partition coefficient (Wildman–Crippen LogP) is 1.75. The second-order valence-electron chi connectivity index (χ2n) is 4.18. The van der Waals surface area contributed by atoms with Crippen molar-refractivity contribution in [2.24, 2.45) is 5.92 Å². The van der Waals surface area contributed by atoms with Crippen LogP contribution in [0.25, 0.3) is 0 Å². The maximum absolute atomic E-state index is 9.70. The minimum absolute atomic E-state index is 0.353. The lowest BCUT2D eigenvalue weighted by Gasteiger charge is -2.26. The van der Waals surface area contributed by atoms with E-state index in [9.17, 15) is 5.11 Å². The minimum Gasteiger partial charge on any atom is -0.389 e. The van der Waals surface area contributed by atoms with E-state index >= 15 is 0 Å². The summed E-state index contributed by atoms with van der Waals surface area (Å²) in [5.41, 5.74) is 0. The molecule has 0 bridgehead atoms. The molecule has 0 spiro atoms. The molecular weight excluding hydrogens is 190 g/mol. The van der Waals surface area contributed by atoms with Crippen LogP contribution in [0.5, 0.6) is 0 Å². The fourth-order valence-corrected chi connectivity index (χ4v) is 1.51. The van der Waals surface area contributed by atoms with E-state index in [0.717, 1.165) is 19.6 Å². The first-order valence-corrected chi connectivity index (χ1v) is 6.12. The van der Waals surface area contributed by atoms with Gasteiger partial charge in [-0.25, -0.2) is 0 Å². The topological polar surface area (TPSA) is 32.7 Å². The van der Waals surface area contributed by atoms with Gasteiger partial charge in [-0.1, -0.05) is 27.2 Å². The van der Waals surface area contributed by atoms with Gasteiger partial charge in [-0.3, -0.25) is 0 Å². The smallest absolute Gasteiger partial charge is 0.0900 e. The Bertz CT molecular complexity index is 142. The van der Waals surface area contributed by atoms with Crippen molar-refractivity contribution in [3.63, 3.8) is 0 Å². The number of rotatable bonds is 9. The molecule has 2 atom stereocenters. The molecule has 0 aliphatic carbocycles. The zero-order valence-electron chi connectivity index (χ0n) is 10.7. The second kappa shape index (κ2) is 9.13. The Morgan fingerprint density at radius 1 is 1.20 bits per heavy atom. The van der Waals surface area contributed by atoms with Gasteiger partial charge in [0.05, 0.1) is 12.7 Å². The van der Waals surface area contributed by atoms with Crippen LogP contribution < -0.4 is 0 Å². The molecule has 0 aromatic rings. The Morgan fingerprint density at radius 2 is 1.87 bits per heavy atom. The number of aliphatic hydroxyl groups is 1. The molecular formula is C12H27NO2. The third-order valence-electron chi connectivity index (χ3n) is 2.70. The summed E-state index contributed by atoms with van der Waals surface area (Å²) >= 11 is 0. The number of nitrogens with zero attached hydrogens (tertiary/aromatic N) is 1. The summed E-state index contributed by atoms with van der Waals surface area (Å²) in [6.45, 7) is 12.4. The lowest BCUT2D eigenvalue weighted by atomic mass is 10.1. The predicted molar refractivity (Wildman–Crippen MR) is 64.1 cm³/mol. The van der Waals surface area contributed by atoms with Crippen molar-refractivity contribution < 1.29 is 9.84 Å². The summed E-state index contributed by atoms with van der Waals surface area (Å²) in [6, 6.07) is 0. The molecule has 0 radical (unpaired) electrons. The zero-order valence-corrected chi connectivity index (χ0v) is 10.7. The summed E-state index contributed by atoms with van der Waals surface area (Å²) < 4.78 is 5.20. The van der Waals surface area contributed by atoms with Crippen molar-refractivity contribution in [2.75, 3.05) is 32.8 Å². The number of hydrogen-bond acceptors (Lipinski definition) is 3. The summed E-state index contributed by atoms with van der Waals surface area (Å²) in [7, 11) is 0. The minimum atomic E-state index is -0.353. The van der Waals surface area contributed by atoms with Gasteiger partial charge >= 0.3 is 0 Å². The molecule has 15 heavy (non-hydrogen) atoms. The highest BCUT2D eigenvalue weighted by atomic mass is 16.5. The molecule has 0 rings (SSSR count). The average Bonchev–Trinajstić information content (AvgIpc) is 2.25. The first-order chi connectivity index (χ1) is 7.13. The lowest BCUT2D eigenvalue weighted by molar-refractivity contribution is 0.0197. The SMILES string of the molecule is CCOCC(O)CN(CC)CC(C)CC. The molecule has 0 aromatic heterocycles. The first-order valence-electron chi connectivity index (χ1n) is 6.12. The van der Waals surface area contributed by atoms with Gasteiger partial charge in [0.2, 0.25) is 0 Å². The highest BCUT2D eigenvalue weighted by Gasteiger charge is 2.12. The van der Waals surface area contributed by atoms with E-state index in [1.807, 2.05) is 6.92 Å². The highest BCUT2D eigenvalue weighted by Crippen LogP contribution is 2.04. The van der Waals surface area contributed by atoms with E-state index in [0.29, 0.717) is 19.1 Å². The van der Waals surface area contributed by atoms with E-state index < -0.39 is 0 Å². The van der Waals surface area contributed by atoms with Crippen LogP contribution in [-0.2, 0) is 4.74 Å². The van der Waals surface area contributed by atoms with Crippen LogP contribution in [0.15, 0.2) is 0 Å². The fourth-order valence-electron chi connectivity index (χ4n) is 1.51. The van der Waals surface area contributed by atoms with Gasteiger partial charge in [0.1, 0.15) is 0 Å². The standard InChI is InChI=1S/C12H27NO2/c1-5-11(4)8-13(6-2)9-12(14)10-15-7-3/h11-12,14H,5-10H2,1-4H3. The molecule has 3 nitrogen and oxygen atoms in total. The van der Waals surface area contributed by atoms with Crippen molar-refractivity contribution in [1.29, 1.82) is 0 Å².